The van der Waals surface area contributed by atoms with Gasteiger partial charge in [0.2, 0.25) is 0 Å². The molecule has 1 N–H and O–H groups in total. The maximum atomic E-state index is 12.7. The Hall–Kier alpha value is -2.66. The minimum absolute atomic E-state index is 0.227. The predicted molar refractivity (Wildman–Crippen MR) is 97.9 cm³/mol. The highest BCUT2D eigenvalue weighted by Crippen LogP contribution is 2.37. The highest BCUT2D eigenvalue weighted by molar-refractivity contribution is 6.34. The molecule has 1 aliphatic rings. The van der Waals surface area contributed by atoms with Crippen molar-refractivity contribution in [2.24, 2.45) is 7.05 Å². The van der Waals surface area contributed by atoms with Crippen LogP contribution in [0.1, 0.15) is 16.9 Å². The fraction of sp³-hybridized carbons (Fsp3) is 0.211. The summed E-state index contributed by atoms with van der Waals surface area (Å²) in [6, 6.07) is 13.1. The van der Waals surface area contributed by atoms with Crippen molar-refractivity contribution in [3.05, 3.63) is 53.2 Å². The molecule has 1 aromatic heterocycles. The lowest BCUT2D eigenvalue weighted by Crippen LogP contribution is -2.16. The van der Waals surface area contributed by atoms with Crippen LogP contribution in [0.4, 0.5) is 5.69 Å². The Kier molecular flexibility index (Phi) is 4.01. The van der Waals surface area contributed by atoms with Crippen molar-refractivity contribution in [1.82, 2.24) is 4.57 Å². The molecule has 25 heavy (non-hydrogen) atoms. The molecule has 1 amide bonds. The fourth-order valence-electron chi connectivity index (χ4n) is 2.97. The van der Waals surface area contributed by atoms with E-state index >= 15 is 0 Å². The second-order valence-electron chi connectivity index (χ2n) is 5.93. The third-order valence-corrected chi connectivity index (χ3v) is 4.58. The summed E-state index contributed by atoms with van der Waals surface area (Å²) in [5, 5.41) is 4.30. The first kappa shape index (κ1) is 15.8. The van der Waals surface area contributed by atoms with Gasteiger partial charge >= 0.3 is 0 Å². The average Bonchev–Trinajstić information content (AvgIpc) is 2.78. The topological polar surface area (TPSA) is 52.5 Å². The van der Waals surface area contributed by atoms with Gasteiger partial charge in [-0.25, -0.2) is 0 Å². The zero-order valence-corrected chi connectivity index (χ0v) is 14.5. The summed E-state index contributed by atoms with van der Waals surface area (Å²) in [7, 11) is 1.87. The first-order chi connectivity index (χ1) is 12.1. The van der Waals surface area contributed by atoms with Gasteiger partial charge in [0.05, 0.1) is 23.9 Å². The Morgan fingerprint density at radius 2 is 1.84 bits per heavy atom. The minimum atomic E-state index is -0.227. The number of ether oxygens (including phenoxy) is 2. The van der Waals surface area contributed by atoms with E-state index in [4.69, 9.17) is 21.1 Å². The van der Waals surface area contributed by atoms with Gasteiger partial charge in [-0.1, -0.05) is 29.8 Å². The van der Waals surface area contributed by atoms with Crippen LogP contribution in [0.3, 0.4) is 0 Å². The molecule has 0 unspecified atom stereocenters. The van der Waals surface area contributed by atoms with Gasteiger partial charge in [0.15, 0.2) is 11.5 Å². The van der Waals surface area contributed by atoms with E-state index in [0.717, 1.165) is 17.3 Å². The maximum absolute atomic E-state index is 12.7. The lowest BCUT2D eigenvalue weighted by atomic mass is 10.2. The zero-order chi connectivity index (χ0) is 17.4. The van der Waals surface area contributed by atoms with E-state index in [-0.39, 0.29) is 5.91 Å². The molecule has 0 spiro atoms. The Morgan fingerprint density at radius 3 is 2.60 bits per heavy atom. The van der Waals surface area contributed by atoms with Gasteiger partial charge in [-0.15, -0.1) is 0 Å². The lowest BCUT2D eigenvalue weighted by molar-refractivity contribution is 0.101. The van der Waals surface area contributed by atoms with Crippen LogP contribution in [0.2, 0.25) is 5.02 Å². The number of nitrogens with one attached hydrogen (secondary N) is 1. The molecular formula is C19H17ClN2O3. The second kappa shape index (κ2) is 6.33. The first-order valence-electron chi connectivity index (χ1n) is 8.08. The van der Waals surface area contributed by atoms with E-state index in [1.165, 1.54) is 0 Å². The zero-order valence-electron chi connectivity index (χ0n) is 13.7. The van der Waals surface area contributed by atoms with Crippen LogP contribution in [0.5, 0.6) is 11.5 Å². The number of carbonyl (C=O) groups is 1. The second-order valence-corrected chi connectivity index (χ2v) is 6.34. The molecule has 2 heterocycles. The molecule has 4 rings (SSSR count). The number of amides is 1. The minimum Gasteiger partial charge on any atom is -0.490 e. The highest BCUT2D eigenvalue weighted by Gasteiger charge is 2.18. The number of aryl methyl sites for hydroxylation is 1. The number of nitrogens with zero attached hydrogens (tertiary/aromatic N) is 1. The van der Waals surface area contributed by atoms with Gasteiger partial charge in [-0.3, -0.25) is 4.79 Å². The number of benzene rings is 2. The molecule has 5 nitrogen and oxygen atoms in total. The molecule has 0 saturated carbocycles. The fourth-order valence-corrected chi connectivity index (χ4v) is 3.17. The maximum Gasteiger partial charge on any atom is 0.272 e. The molecule has 0 atom stereocenters. The van der Waals surface area contributed by atoms with Gasteiger partial charge in [-0.2, -0.15) is 0 Å². The number of hydrogen-bond acceptors (Lipinski definition) is 3. The number of rotatable bonds is 2. The molecule has 0 saturated heterocycles. The number of halogens is 1. The van der Waals surface area contributed by atoms with E-state index in [1.807, 2.05) is 41.9 Å². The molecule has 0 aliphatic carbocycles. The van der Waals surface area contributed by atoms with Crippen LogP contribution >= 0.6 is 11.6 Å². The van der Waals surface area contributed by atoms with E-state index < -0.39 is 0 Å². The molecule has 128 valence electrons. The molecule has 0 radical (unpaired) electrons. The number of anilines is 1. The number of carbonyl (C=O) groups excluding carboxylic acids is 1. The van der Waals surface area contributed by atoms with Crippen molar-refractivity contribution >= 4 is 34.1 Å². The summed E-state index contributed by atoms with van der Waals surface area (Å²) in [6.07, 6.45) is 0.809. The van der Waals surface area contributed by atoms with Crippen molar-refractivity contribution in [3.8, 4) is 11.5 Å². The SMILES string of the molecule is Cn1c(C(=O)Nc2cc3c(cc2Cl)OCCCO3)cc2ccccc21. The lowest BCUT2D eigenvalue weighted by Gasteiger charge is -2.13. The summed E-state index contributed by atoms with van der Waals surface area (Å²) in [5.41, 5.74) is 2.06. The van der Waals surface area contributed by atoms with E-state index in [9.17, 15) is 4.79 Å². The largest absolute Gasteiger partial charge is 0.490 e. The van der Waals surface area contributed by atoms with Gasteiger partial charge in [0.25, 0.3) is 5.91 Å². The molecule has 2 aromatic carbocycles. The highest BCUT2D eigenvalue weighted by atomic mass is 35.5. The summed E-state index contributed by atoms with van der Waals surface area (Å²) in [5.74, 6) is 0.967. The van der Waals surface area contributed by atoms with E-state index in [1.54, 1.807) is 12.1 Å². The summed E-state index contributed by atoms with van der Waals surface area (Å²) >= 11 is 6.31. The Morgan fingerprint density at radius 1 is 1.12 bits per heavy atom. The molecule has 0 bridgehead atoms. The first-order valence-corrected chi connectivity index (χ1v) is 8.46. The Bertz CT molecular complexity index is 965. The van der Waals surface area contributed by atoms with Crippen LogP contribution in [0, 0.1) is 0 Å². The molecule has 6 heteroatoms. The number of hydrogen-bond donors (Lipinski definition) is 1. The van der Waals surface area contributed by atoms with Crippen LogP contribution in [-0.2, 0) is 7.05 Å². The van der Waals surface area contributed by atoms with Crippen molar-refractivity contribution < 1.29 is 14.3 Å². The third-order valence-electron chi connectivity index (χ3n) is 4.27. The van der Waals surface area contributed by atoms with Crippen molar-refractivity contribution in [3.63, 3.8) is 0 Å². The van der Waals surface area contributed by atoms with Crippen molar-refractivity contribution in [1.29, 1.82) is 0 Å². The Balaban J connectivity index is 1.66. The molecular weight excluding hydrogens is 340 g/mol. The summed E-state index contributed by atoms with van der Waals surface area (Å²) in [4.78, 5) is 12.7. The number of aromatic nitrogens is 1. The molecule has 0 fully saturated rings. The predicted octanol–water partition coefficient (Wildman–Crippen LogP) is 4.25. The monoisotopic (exact) mass is 356 g/mol. The quantitative estimate of drug-likeness (QED) is 0.747. The summed E-state index contributed by atoms with van der Waals surface area (Å²) < 4.78 is 13.1. The van der Waals surface area contributed by atoms with Crippen LogP contribution < -0.4 is 14.8 Å². The Labute approximate surface area is 150 Å². The van der Waals surface area contributed by atoms with Crippen LogP contribution in [0.15, 0.2) is 42.5 Å². The third kappa shape index (κ3) is 2.91. The number of fused-ring (bicyclic) bond motifs is 2. The van der Waals surface area contributed by atoms with E-state index in [2.05, 4.69) is 5.32 Å². The number of para-hydroxylation sites is 1. The smallest absolute Gasteiger partial charge is 0.272 e. The summed E-state index contributed by atoms with van der Waals surface area (Å²) in [6.45, 7) is 1.16. The van der Waals surface area contributed by atoms with Crippen molar-refractivity contribution in [2.45, 2.75) is 6.42 Å². The standard InChI is InChI=1S/C19H17ClN2O3/c1-22-15-6-3-2-5-12(15)9-16(22)19(23)21-14-11-18-17(10-13(14)20)24-7-4-8-25-18/h2-3,5-6,9-11H,4,7-8H2,1H3,(H,21,23). The molecule has 1 aliphatic heterocycles. The average molecular weight is 357 g/mol. The molecule has 3 aromatic rings. The van der Waals surface area contributed by atoms with Crippen LogP contribution in [-0.4, -0.2) is 23.7 Å². The van der Waals surface area contributed by atoms with Gasteiger partial charge in [-0.05, 0) is 12.1 Å². The van der Waals surface area contributed by atoms with Gasteiger partial charge in [0, 0.05) is 36.5 Å². The normalized spacial score (nSPS) is 13.5. The van der Waals surface area contributed by atoms with Gasteiger partial charge in [0.1, 0.15) is 5.69 Å². The van der Waals surface area contributed by atoms with E-state index in [0.29, 0.717) is 41.1 Å². The van der Waals surface area contributed by atoms with Crippen molar-refractivity contribution in [2.75, 3.05) is 18.5 Å². The van der Waals surface area contributed by atoms with Crippen LogP contribution in [0.25, 0.3) is 10.9 Å². The van der Waals surface area contributed by atoms with Gasteiger partial charge < -0.3 is 19.4 Å².